The van der Waals surface area contributed by atoms with Crippen molar-refractivity contribution in [3.8, 4) is 5.75 Å². The molecule has 172 valence electrons. The van der Waals surface area contributed by atoms with E-state index in [-0.39, 0.29) is 17.9 Å². The number of benzene rings is 2. The second-order valence-corrected chi connectivity index (χ2v) is 8.91. The molecule has 0 fully saturated rings. The van der Waals surface area contributed by atoms with Gasteiger partial charge in [0.25, 0.3) is 5.91 Å². The Labute approximate surface area is 192 Å². The van der Waals surface area contributed by atoms with E-state index in [1.165, 1.54) is 5.56 Å². The van der Waals surface area contributed by atoms with Gasteiger partial charge in [0.05, 0.1) is 6.04 Å². The number of nitrogens with zero attached hydrogens (tertiary/aromatic N) is 1. The van der Waals surface area contributed by atoms with Gasteiger partial charge in [-0.1, -0.05) is 64.1 Å². The third-order valence-corrected chi connectivity index (χ3v) is 5.85. The predicted molar refractivity (Wildman–Crippen MR) is 128 cm³/mol. The molecule has 0 aliphatic carbocycles. The molecule has 2 aromatic rings. The van der Waals surface area contributed by atoms with Crippen molar-refractivity contribution in [2.75, 3.05) is 13.1 Å². The zero-order valence-corrected chi connectivity index (χ0v) is 19.8. The average molecular weight is 437 g/mol. The van der Waals surface area contributed by atoms with Crippen LogP contribution >= 0.6 is 0 Å². The summed E-state index contributed by atoms with van der Waals surface area (Å²) in [5, 5.41) is 2.92. The lowest BCUT2D eigenvalue weighted by Gasteiger charge is -2.38. The number of ether oxygens (including phenoxy) is 1. The molecule has 1 aliphatic rings. The third-order valence-electron chi connectivity index (χ3n) is 5.85. The maximum Gasteiger partial charge on any atom is 0.261 e. The minimum Gasteiger partial charge on any atom is -0.481 e. The van der Waals surface area contributed by atoms with Crippen LogP contribution in [-0.2, 0) is 16.0 Å². The molecule has 3 rings (SSSR count). The van der Waals surface area contributed by atoms with E-state index in [4.69, 9.17) is 4.74 Å². The molecule has 0 saturated heterocycles. The number of carbonyl (C=O) groups is 2. The molecule has 2 atom stereocenters. The fraction of sp³-hybridized carbons (Fsp3) is 0.481. The van der Waals surface area contributed by atoms with Gasteiger partial charge in [0.1, 0.15) is 5.75 Å². The smallest absolute Gasteiger partial charge is 0.261 e. The number of rotatable bonds is 9. The van der Waals surface area contributed by atoms with Crippen molar-refractivity contribution in [1.82, 2.24) is 10.2 Å². The first-order valence-corrected chi connectivity index (χ1v) is 11.9. The van der Waals surface area contributed by atoms with Gasteiger partial charge in [-0.15, -0.1) is 0 Å². The summed E-state index contributed by atoms with van der Waals surface area (Å²) in [5.41, 5.74) is 3.40. The van der Waals surface area contributed by atoms with Gasteiger partial charge in [0.2, 0.25) is 5.91 Å². The fourth-order valence-electron chi connectivity index (χ4n) is 4.25. The van der Waals surface area contributed by atoms with E-state index < -0.39 is 6.10 Å². The summed E-state index contributed by atoms with van der Waals surface area (Å²) in [4.78, 5) is 27.6. The molecule has 0 aromatic heterocycles. The summed E-state index contributed by atoms with van der Waals surface area (Å²) in [6.07, 6.45) is 2.30. The van der Waals surface area contributed by atoms with Gasteiger partial charge in [-0.3, -0.25) is 9.59 Å². The van der Waals surface area contributed by atoms with Crippen LogP contribution in [0.4, 0.5) is 0 Å². The van der Waals surface area contributed by atoms with Crippen molar-refractivity contribution in [2.45, 2.75) is 65.5 Å². The average Bonchev–Trinajstić information content (AvgIpc) is 2.80. The third kappa shape index (κ3) is 5.70. The Kier molecular flexibility index (Phi) is 8.32. The molecule has 1 heterocycles. The lowest BCUT2D eigenvalue weighted by Crippen LogP contribution is -2.41. The fourth-order valence-corrected chi connectivity index (χ4v) is 4.25. The van der Waals surface area contributed by atoms with Crippen molar-refractivity contribution in [3.63, 3.8) is 0 Å². The van der Waals surface area contributed by atoms with E-state index in [1.807, 2.05) is 49.1 Å². The van der Waals surface area contributed by atoms with Gasteiger partial charge in [-0.2, -0.15) is 0 Å². The Morgan fingerprint density at radius 1 is 1.12 bits per heavy atom. The quantitative estimate of drug-likeness (QED) is 0.609. The molecule has 0 spiro atoms. The minimum atomic E-state index is -0.531. The molecule has 0 bridgehead atoms. The highest BCUT2D eigenvalue weighted by molar-refractivity contribution is 5.81. The summed E-state index contributed by atoms with van der Waals surface area (Å²) in [6.45, 7) is 9.48. The van der Waals surface area contributed by atoms with Gasteiger partial charge < -0.3 is 15.0 Å². The van der Waals surface area contributed by atoms with Crippen LogP contribution in [0.3, 0.4) is 0 Å². The van der Waals surface area contributed by atoms with Gasteiger partial charge in [-0.05, 0) is 54.0 Å². The van der Waals surface area contributed by atoms with E-state index in [9.17, 15) is 9.59 Å². The van der Waals surface area contributed by atoms with Crippen LogP contribution in [0.5, 0.6) is 5.75 Å². The van der Waals surface area contributed by atoms with E-state index >= 15 is 0 Å². The molecule has 0 saturated carbocycles. The van der Waals surface area contributed by atoms with Crippen LogP contribution in [0.15, 0.2) is 48.5 Å². The number of fused-ring (bicyclic) bond motifs is 1. The summed E-state index contributed by atoms with van der Waals surface area (Å²) in [7, 11) is 0. The highest BCUT2D eigenvalue weighted by Gasteiger charge is 2.32. The van der Waals surface area contributed by atoms with E-state index in [0.29, 0.717) is 37.6 Å². The molecule has 0 unspecified atom stereocenters. The van der Waals surface area contributed by atoms with Crippen LogP contribution in [0.2, 0.25) is 0 Å². The van der Waals surface area contributed by atoms with Crippen LogP contribution in [0, 0.1) is 5.92 Å². The van der Waals surface area contributed by atoms with Gasteiger partial charge in [0.15, 0.2) is 6.10 Å². The number of carbonyl (C=O) groups excluding carboxylic acids is 2. The molecule has 2 amide bonds. The first-order chi connectivity index (χ1) is 15.4. The lowest BCUT2D eigenvalue weighted by atomic mass is 9.87. The molecule has 1 N–H and O–H groups in total. The van der Waals surface area contributed by atoms with Crippen molar-refractivity contribution in [2.24, 2.45) is 5.92 Å². The maximum atomic E-state index is 13.1. The summed E-state index contributed by atoms with van der Waals surface area (Å²) < 4.78 is 6.12. The zero-order valence-electron chi connectivity index (χ0n) is 19.8. The van der Waals surface area contributed by atoms with Gasteiger partial charge in [-0.25, -0.2) is 0 Å². The Bertz CT molecular complexity index is 910. The second-order valence-electron chi connectivity index (χ2n) is 8.91. The van der Waals surface area contributed by atoms with Crippen molar-refractivity contribution >= 4 is 11.8 Å². The summed E-state index contributed by atoms with van der Waals surface area (Å²) in [5.74, 6) is 1.07. The predicted octanol–water partition coefficient (Wildman–Crippen LogP) is 4.89. The van der Waals surface area contributed by atoms with Crippen molar-refractivity contribution < 1.29 is 14.3 Å². The topological polar surface area (TPSA) is 58.6 Å². The Hall–Kier alpha value is -2.82. The van der Waals surface area contributed by atoms with Crippen LogP contribution < -0.4 is 10.1 Å². The zero-order chi connectivity index (χ0) is 23.1. The molecule has 5 nitrogen and oxygen atoms in total. The lowest BCUT2D eigenvalue weighted by molar-refractivity contribution is -0.134. The van der Waals surface area contributed by atoms with Gasteiger partial charge in [0, 0.05) is 19.5 Å². The van der Waals surface area contributed by atoms with Crippen LogP contribution in [0.25, 0.3) is 0 Å². The molecule has 5 heteroatoms. The Morgan fingerprint density at radius 2 is 1.88 bits per heavy atom. The van der Waals surface area contributed by atoms with E-state index in [2.05, 4.69) is 37.4 Å². The highest BCUT2D eigenvalue weighted by atomic mass is 16.5. The van der Waals surface area contributed by atoms with E-state index in [0.717, 1.165) is 24.0 Å². The van der Waals surface area contributed by atoms with Crippen LogP contribution in [-0.4, -0.2) is 35.9 Å². The molecular weight excluding hydrogens is 400 g/mol. The first kappa shape index (κ1) is 23.8. The summed E-state index contributed by atoms with van der Waals surface area (Å²) >= 11 is 0. The second kappa shape index (κ2) is 11.2. The molecule has 32 heavy (non-hydrogen) atoms. The number of hydrogen-bond donors (Lipinski definition) is 1. The van der Waals surface area contributed by atoms with Crippen molar-refractivity contribution in [3.05, 3.63) is 65.2 Å². The number of amides is 2. The molecule has 1 aliphatic heterocycles. The largest absolute Gasteiger partial charge is 0.481 e. The van der Waals surface area contributed by atoms with Crippen molar-refractivity contribution in [1.29, 1.82) is 0 Å². The normalized spacial score (nSPS) is 16.4. The number of hydrogen-bond acceptors (Lipinski definition) is 3. The van der Waals surface area contributed by atoms with Crippen LogP contribution in [0.1, 0.15) is 69.7 Å². The summed E-state index contributed by atoms with van der Waals surface area (Å²) in [6, 6.07) is 16.1. The monoisotopic (exact) mass is 436 g/mol. The SMILES string of the molecule is CCCNC(=O)[C@@H](CC)Oc1ccc2c(c1)[C@H](c1ccccc1)N(C(=O)CC(C)C)CC2. The van der Waals surface area contributed by atoms with Gasteiger partial charge >= 0.3 is 0 Å². The minimum absolute atomic E-state index is 0.0829. The number of nitrogens with one attached hydrogen (secondary N) is 1. The Balaban J connectivity index is 1.94. The highest BCUT2D eigenvalue weighted by Crippen LogP contribution is 2.38. The standard InChI is InChI=1S/C27H36N2O3/c1-5-15-28-27(31)24(6-2)32-22-13-12-20-14-16-29(25(30)17-19(3)4)26(23(20)18-22)21-10-8-7-9-11-21/h7-13,18-19,24,26H,5-6,14-17H2,1-4H3,(H,28,31)/t24-,26+/m1/s1. The maximum absolute atomic E-state index is 13.1. The first-order valence-electron chi connectivity index (χ1n) is 11.9. The van der Waals surface area contributed by atoms with E-state index in [1.54, 1.807) is 0 Å². The molecular formula is C27H36N2O3. The molecule has 0 radical (unpaired) electrons. The Morgan fingerprint density at radius 3 is 2.53 bits per heavy atom. The molecule has 2 aromatic carbocycles.